The number of nitrogens with zero attached hydrogens (tertiary/aromatic N) is 1. The van der Waals surface area contributed by atoms with Crippen molar-refractivity contribution in [2.24, 2.45) is 5.92 Å². The molecule has 18 heavy (non-hydrogen) atoms. The number of hydrogen-bond donors (Lipinski definition) is 0. The van der Waals surface area contributed by atoms with Crippen molar-refractivity contribution in [1.29, 1.82) is 0 Å². The monoisotopic (exact) mass is 261 g/mol. The van der Waals surface area contributed by atoms with Gasteiger partial charge >= 0.3 is 0 Å². The number of amides is 2. The van der Waals surface area contributed by atoms with Gasteiger partial charge in [-0.05, 0) is 30.9 Å². The van der Waals surface area contributed by atoms with Crippen LogP contribution in [-0.4, -0.2) is 21.2 Å². The minimum Gasteiger partial charge on any atom is -0.285 e. The molecule has 1 fully saturated rings. The van der Waals surface area contributed by atoms with E-state index in [-0.39, 0.29) is 16.9 Å². The summed E-state index contributed by atoms with van der Waals surface area (Å²) in [7, 11) is 0. The zero-order valence-electron chi connectivity index (χ0n) is 9.59. The predicted octanol–water partition coefficient (Wildman–Crippen LogP) is 2.26. The number of rotatable bonds is 3. The molecule has 0 unspecified atom stereocenters. The van der Waals surface area contributed by atoms with Crippen LogP contribution in [0.2, 0.25) is 0 Å². The van der Waals surface area contributed by atoms with E-state index in [0.29, 0.717) is 23.5 Å². The highest BCUT2D eigenvalue weighted by atomic mass is 32.2. The third kappa shape index (κ3) is 1.95. The standard InChI is InChI=1S/C13H11NO3S/c15-11(7-8-5-6-8)18-14-12(16)9-3-1-2-4-10(9)13(14)17/h1-4,8H,5-7H2. The van der Waals surface area contributed by atoms with Crippen LogP contribution < -0.4 is 0 Å². The molecule has 1 aliphatic heterocycles. The summed E-state index contributed by atoms with van der Waals surface area (Å²) >= 11 is 0.744. The lowest BCUT2D eigenvalue weighted by Crippen LogP contribution is -2.24. The lowest BCUT2D eigenvalue weighted by Gasteiger charge is -2.10. The van der Waals surface area contributed by atoms with Gasteiger partial charge in [0.15, 0.2) is 0 Å². The number of hydrogen-bond acceptors (Lipinski definition) is 4. The van der Waals surface area contributed by atoms with Gasteiger partial charge in [-0.15, -0.1) is 0 Å². The van der Waals surface area contributed by atoms with E-state index in [1.54, 1.807) is 24.3 Å². The SMILES string of the molecule is O=C(CC1CC1)SN1C(=O)c2ccccc2C1=O. The van der Waals surface area contributed by atoms with Crippen LogP contribution in [0.25, 0.3) is 0 Å². The van der Waals surface area contributed by atoms with E-state index in [4.69, 9.17) is 0 Å². The fraction of sp³-hybridized carbons (Fsp3) is 0.308. The van der Waals surface area contributed by atoms with Gasteiger partial charge in [-0.3, -0.25) is 14.4 Å². The van der Waals surface area contributed by atoms with Crippen LogP contribution in [0.15, 0.2) is 24.3 Å². The summed E-state index contributed by atoms with van der Waals surface area (Å²) in [6.07, 6.45) is 2.61. The minimum atomic E-state index is -0.384. The molecule has 2 amide bonds. The Morgan fingerprint density at radius 2 is 1.72 bits per heavy atom. The lowest BCUT2D eigenvalue weighted by molar-refractivity contribution is -0.111. The van der Waals surface area contributed by atoms with Gasteiger partial charge in [-0.25, -0.2) is 4.31 Å². The smallest absolute Gasteiger partial charge is 0.272 e. The fourth-order valence-corrected chi connectivity index (χ4v) is 2.82. The van der Waals surface area contributed by atoms with Gasteiger partial charge in [0.1, 0.15) is 0 Å². The number of fused-ring (bicyclic) bond motifs is 1. The van der Waals surface area contributed by atoms with Gasteiger partial charge in [0.05, 0.1) is 11.1 Å². The first-order valence-electron chi connectivity index (χ1n) is 5.85. The summed E-state index contributed by atoms with van der Waals surface area (Å²) in [5.41, 5.74) is 0.767. The number of carbonyl (C=O) groups is 3. The summed E-state index contributed by atoms with van der Waals surface area (Å²) in [4.78, 5) is 35.7. The van der Waals surface area contributed by atoms with Crippen molar-refractivity contribution in [1.82, 2.24) is 4.31 Å². The maximum Gasteiger partial charge on any atom is 0.272 e. The molecule has 2 aliphatic rings. The van der Waals surface area contributed by atoms with Crippen LogP contribution >= 0.6 is 11.9 Å². The summed E-state index contributed by atoms with van der Waals surface area (Å²) < 4.78 is 0.982. The van der Waals surface area contributed by atoms with E-state index in [9.17, 15) is 14.4 Å². The highest BCUT2D eigenvalue weighted by molar-refractivity contribution is 8.12. The van der Waals surface area contributed by atoms with Crippen LogP contribution in [0.3, 0.4) is 0 Å². The van der Waals surface area contributed by atoms with Crippen LogP contribution in [0.5, 0.6) is 0 Å². The molecule has 1 saturated carbocycles. The van der Waals surface area contributed by atoms with Gasteiger partial charge in [-0.2, -0.15) is 0 Å². The van der Waals surface area contributed by atoms with E-state index < -0.39 is 0 Å². The topological polar surface area (TPSA) is 54.5 Å². The summed E-state index contributed by atoms with van der Waals surface area (Å²) in [6, 6.07) is 6.65. The fourth-order valence-electron chi connectivity index (χ4n) is 1.95. The van der Waals surface area contributed by atoms with Crippen molar-refractivity contribution in [2.45, 2.75) is 19.3 Å². The summed E-state index contributed by atoms with van der Waals surface area (Å²) in [5.74, 6) is -0.310. The second-order valence-electron chi connectivity index (χ2n) is 4.56. The number of imide groups is 1. The quantitative estimate of drug-likeness (QED) is 0.618. The zero-order valence-corrected chi connectivity index (χ0v) is 10.4. The maximum absolute atomic E-state index is 12.0. The van der Waals surface area contributed by atoms with Crippen molar-refractivity contribution in [3.8, 4) is 0 Å². The number of benzene rings is 1. The van der Waals surface area contributed by atoms with Crippen molar-refractivity contribution < 1.29 is 14.4 Å². The average molecular weight is 261 g/mol. The van der Waals surface area contributed by atoms with Crippen molar-refractivity contribution >= 4 is 28.9 Å². The zero-order chi connectivity index (χ0) is 12.7. The second kappa shape index (κ2) is 4.24. The minimum absolute atomic E-state index is 0.105. The normalized spacial score (nSPS) is 18.1. The summed E-state index contributed by atoms with van der Waals surface area (Å²) in [5, 5.41) is -0.105. The molecule has 92 valence electrons. The molecule has 1 aromatic rings. The Morgan fingerprint density at radius 1 is 1.17 bits per heavy atom. The van der Waals surface area contributed by atoms with E-state index >= 15 is 0 Å². The second-order valence-corrected chi connectivity index (χ2v) is 5.56. The molecule has 0 saturated heterocycles. The molecule has 4 nitrogen and oxygen atoms in total. The van der Waals surface area contributed by atoms with Crippen molar-refractivity contribution in [2.75, 3.05) is 0 Å². The Kier molecular flexibility index (Phi) is 2.70. The van der Waals surface area contributed by atoms with E-state index in [0.717, 1.165) is 29.1 Å². The predicted molar refractivity (Wildman–Crippen MR) is 66.9 cm³/mol. The van der Waals surface area contributed by atoms with Crippen LogP contribution in [0, 0.1) is 5.92 Å². The first-order valence-corrected chi connectivity index (χ1v) is 6.63. The first kappa shape index (κ1) is 11.5. The molecular formula is C13H11NO3S. The third-order valence-electron chi connectivity index (χ3n) is 3.10. The molecule has 1 aliphatic carbocycles. The van der Waals surface area contributed by atoms with E-state index in [2.05, 4.69) is 0 Å². The molecule has 1 heterocycles. The molecule has 0 spiro atoms. The lowest BCUT2D eigenvalue weighted by atomic mass is 10.1. The van der Waals surface area contributed by atoms with Gasteiger partial charge in [0.2, 0.25) is 5.12 Å². The first-order chi connectivity index (χ1) is 8.66. The van der Waals surface area contributed by atoms with Gasteiger partial charge < -0.3 is 0 Å². The van der Waals surface area contributed by atoms with Gasteiger partial charge in [-0.1, -0.05) is 12.1 Å². The molecule has 0 aromatic heterocycles. The Morgan fingerprint density at radius 3 is 2.22 bits per heavy atom. The Bertz CT molecular complexity index is 516. The molecule has 0 N–H and O–H groups in total. The summed E-state index contributed by atoms with van der Waals surface area (Å²) in [6.45, 7) is 0. The maximum atomic E-state index is 12.0. The van der Waals surface area contributed by atoms with Gasteiger partial charge in [0.25, 0.3) is 11.8 Å². The third-order valence-corrected chi connectivity index (χ3v) is 3.99. The highest BCUT2D eigenvalue weighted by Crippen LogP contribution is 2.36. The average Bonchev–Trinajstić information content (AvgIpc) is 3.14. The van der Waals surface area contributed by atoms with Crippen LogP contribution in [0.1, 0.15) is 40.0 Å². The number of carbonyl (C=O) groups excluding carboxylic acids is 3. The Balaban J connectivity index is 1.76. The molecule has 3 rings (SSSR count). The molecule has 1 aromatic carbocycles. The van der Waals surface area contributed by atoms with Crippen molar-refractivity contribution in [3.05, 3.63) is 35.4 Å². The van der Waals surface area contributed by atoms with E-state index in [1.165, 1.54) is 0 Å². The largest absolute Gasteiger partial charge is 0.285 e. The Labute approximate surface area is 108 Å². The molecule has 0 radical (unpaired) electrons. The van der Waals surface area contributed by atoms with Gasteiger partial charge in [0, 0.05) is 18.4 Å². The van der Waals surface area contributed by atoms with Crippen molar-refractivity contribution in [3.63, 3.8) is 0 Å². The highest BCUT2D eigenvalue weighted by Gasteiger charge is 2.38. The van der Waals surface area contributed by atoms with Crippen LogP contribution in [0.4, 0.5) is 0 Å². The van der Waals surface area contributed by atoms with E-state index in [1.807, 2.05) is 0 Å². The Hall–Kier alpha value is -1.62. The van der Waals surface area contributed by atoms with Crippen LogP contribution in [-0.2, 0) is 4.79 Å². The molecular weight excluding hydrogens is 250 g/mol. The molecule has 5 heteroatoms. The molecule has 0 atom stereocenters. The molecule has 0 bridgehead atoms.